The van der Waals surface area contributed by atoms with Gasteiger partial charge in [-0.05, 0) is 42.5 Å². The summed E-state index contributed by atoms with van der Waals surface area (Å²) in [4.78, 5) is 0. The largest absolute Gasteiger partial charge is 0.325 e. The van der Waals surface area contributed by atoms with Crippen molar-refractivity contribution in [3.8, 4) is 5.69 Å². The monoisotopic (exact) mass is 214 g/mol. The molecular formula is C12H14N4. The number of aryl methyl sites for hydroxylation is 2. The SMILES string of the molecule is NCc1cnnn1-c1ccc2c(c1)CCC2. The molecule has 2 N–H and O–H groups in total. The summed E-state index contributed by atoms with van der Waals surface area (Å²) in [6.07, 6.45) is 5.36. The summed E-state index contributed by atoms with van der Waals surface area (Å²) in [6.45, 7) is 0.462. The van der Waals surface area contributed by atoms with E-state index in [4.69, 9.17) is 5.73 Å². The van der Waals surface area contributed by atoms with Crippen molar-refractivity contribution in [3.05, 3.63) is 41.2 Å². The Kier molecular flexibility index (Phi) is 2.22. The molecule has 4 nitrogen and oxygen atoms in total. The minimum atomic E-state index is 0.462. The molecule has 1 heterocycles. The van der Waals surface area contributed by atoms with Gasteiger partial charge in [-0.1, -0.05) is 11.3 Å². The van der Waals surface area contributed by atoms with Gasteiger partial charge in [-0.2, -0.15) is 0 Å². The van der Waals surface area contributed by atoms with Crippen LogP contribution in [0.4, 0.5) is 0 Å². The third-order valence-electron chi connectivity index (χ3n) is 3.16. The Labute approximate surface area is 94.1 Å². The highest BCUT2D eigenvalue weighted by Crippen LogP contribution is 2.24. The lowest BCUT2D eigenvalue weighted by Gasteiger charge is -2.06. The molecule has 0 radical (unpaired) electrons. The van der Waals surface area contributed by atoms with Crippen LogP contribution in [0.5, 0.6) is 0 Å². The number of hydrogen-bond acceptors (Lipinski definition) is 3. The maximum absolute atomic E-state index is 5.64. The van der Waals surface area contributed by atoms with Gasteiger partial charge < -0.3 is 5.73 Å². The van der Waals surface area contributed by atoms with E-state index in [-0.39, 0.29) is 0 Å². The predicted molar refractivity (Wildman–Crippen MR) is 61.3 cm³/mol. The molecule has 1 aliphatic rings. The topological polar surface area (TPSA) is 56.7 Å². The van der Waals surface area contributed by atoms with E-state index in [9.17, 15) is 0 Å². The summed E-state index contributed by atoms with van der Waals surface area (Å²) in [5, 5.41) is 7.97. The van der Waals surface area contributed by atoms with E-state index in [1.165, 1.54) is 30.4 Å². The van der Waals surface area contributed by atoms with E-state index in [2.05, 4.69) is 28.5 Å². The molecule has 1 aromatic carbocycles. The normalized spacial score (nSPS) is 14.1. The molecule has 16 heavy (non-hydrogen) atoms. The van der Waals surface area contributed by atoms with Crippen molar-refractivity contribution in [1.29, 1.82) is 0 Å². The summed E-state index contributed by atoms with van der Waals surface area (Å²) in [7, 11) is 0. The summed E-state index contributed by atoms with van der Waals surface area (Å²) in [5.41, 5.74) is 10.6. The number of hydrogen-bond donors (Lipinski definition) is 1. The average molecular weight is 214 g/mol. The van der Waals surface area contributed by atoms with Crippen LogP contribution in [-0.4, -0.2) is 15.0 Å². The average Bonchev–Trinajstić information content (AvgIpc) is 2.96. The Morgan fingerprint density at radius 3 is 3.00 bits per heavy atom. The van der Waals surface area contributed by atoms with Crippen LogP contribution in [0.2, 0.25) is 0 Å². The van der Waals surface area contributed by atoms with Crippen molar-refractivity contribution in [2.45, 2.75) is 25.8 Å². The van der Waals surface area contributed by atoms with Crippen LogP contribution in [0.25, 0.3) is 5.69 Å². The van der Waals surface area contributed by atoms with Crippen LogP contribution in [-0.2, 0) is 19.4 Å². The van der Waals surface area contributed by atoms with Crippen LogP contribution in [0.1, 0.15) is 23.2 Å². The maximum atomic E-state index is 5.64. The first-order valence-electron chi connectivity index (χ1n) is 5.60. The molecule has 0 bridgehead atoms. The minimum Gasteiger partial charge on any atom is -0.325 e. The van der Waals surface area contributed by atoms with Gasteiger partial charge in [-0.15, -0.1) is 5.10 Å². The molecule has 82 valence electrons. The van der Waals surface area contributed by atoms with E-state index in [0.29, 0.717) is 6.54 Å². The third kappa shape index (κ3) is 1.42. The number of nitrogens with zero attached hydrogens (tertiary/aromatic N) is 3. The van der Waals surface area contributed by atoms with Gasteiger partial charge in [0.05, 0.1) is 17.6 Å². The lowest BCUT2D eigenvalue weighted by atomic mass is 10.1. The van der Waals surface area contributed by atoms with Gasteiger partial charge in [-0.3, -0.25) is 0 Å². The van der Waals surface area contributed by atoms with Gasteiger partial charge in [-0.25, -0.2) is 4.68 Å². The van der Waals surface area contributed by atoms with E-state index < -0.39 is 0 Å². The van der Waals surface area contributed by atoms with Gasteiger partial charge in [0.1, 0.15) is 0 Å². The molecule has 0 fully saturated rings. The van der Waals surface area contributed by atoms with Gasteiger partial charge >= 0.3 is 0 Å². The first-order chi connectivity index (χ1) is 7.88. The Morgan fingerprint density at radius 1 is 1.25 bits per heavy atom. The number of fused-ring (bicyclic) bond motifs is 1. The Balaban J connectivity index is 2.07. The van der Waals surface area contributed by atoms with Crippen molar-refractivity contribution in [1.82, 2.24) is 15.0 Å². The quantitative estimate of drug-likeness (QED) is 0.817. The standard InChI is InChI=1S/C12H14N4/c13-7-12-8-14-15-16(12)11-5-4-9-2-1-3-10(9)6-11/h4-6,8H,1-3,7,13H2. The zero-order valence-corrected chi connectivity index (χ0v) is 9.06. The predicted octanol–water partition coefficient (Wildman–Crippen LogP) is 1.21. The summed E-state index contributed by atoms with van der Waals surface area (Å²) in [6, 6.07) is 6.49. The maximum Gasteiger partial charge on any atom is 0.0781 e. The number of aromatic nitrogens is 3. The molecule has 0 spiro atoms. The zero-order chi connectivity index (χ0) is 11.0. The molecule has 0 atom stereocenters. The molecule has 3 rings (SSSR count). The van der Waals surface area contributed by atoms with Crippen molar-refractivity contribution in [2.24, 2.45) is 5.73 Å². The van der Waals surface area contributed by atoms with Crippen LogP contribution in [0.15, 0.2) is 24.4 Å². The van der Waals surface area contributed by atoms with Crippen LogP contribution in [0.3, 0.4) is 0 Å². The number of rotatable bonds is 2. The fourth-order valence-electron chi connectivity index (χ4n) is 2.30. The molecule has 0 saturated carbocycles. The van der Waals surface area contributed by atoms with E-state index >= 15 is 0 Å². The van der Waals surface area contributed by atoms with Crippen LogP contribution in [0, 0.1) is 0 Å². The summed E-state index contributed by atoms with van der Waals surface area (Å²) in [5.74, 6) is 0. The van der Waals surface area contributed by atoms with E-state index in [0.717, 1.165) is 11.4 Å². The summed E-state index contributed by atoms with van der Waals surface area (Å²) >= 11 is 0. The first-order valence-corrected chi connectivity index (χ1v) is 5.60. The summed E-state index contributed by atoms with van der Waals surface area (Å²) < 4.78 is 1.82. The second-order valence-electron chi connectivity index (χ2n) is 4.15. The second kappa shape index (κ2) is 3.72. The fourth-order valence-corrected chi connectivity index (χ4v) is 2.30. The minimum absolute atomic E-state index is 0.462. The zero-order valence-electron chi connectivity index (χ0n) is 9.06. The Hall–Kier alpha value is -1.68. The molecular weight excluding hydrogens is 200 g/mol. The number of benzene rings is 1. The molecule has 4 heteroatoms. The highest BCUT2D eigenvalue weighted by molar-refractivity contribution is 5.42. The Bertz CT molecular complexity index is 515. The van der Waals surface area contributed by atoms with E-state index in [1.54, 1.807) is 6.20 Å². The first kappa shape index (κ1) is 9.54. The van der Waals surface area contributed by atoms with Gasteiger partial charge in [0, 0.05) is 6.54 Å². The molecule has 0 amide bonds. The Morgan fingerprint density at radius 2 is 2.12 bits per heavy atom. The molecule has 0 aliphatic heterocycles. The fraction of sp³-hybridized carbons (Fsp3) is 0.333. The molecule has 0 saturated heterocycles. The van der Waals surface area contributed by atoms with Crippen LogP contribution < -0.4 is 5.73 Å². The lowest BCUT2D eigenvalue weighted by molar-refractivity contribution is 0.760. The molecule has 1 aromatic heterocycles. The van der Waals surface area contributed by atoms with Gasteiger partial charge in [0.15, 0.2) is 0 Å². The van der Waals surface area contributed by atoms with E-state index in [1.807, 2.05) is 4.68 Å². The van der Waals surface area contributed by atoms with Crippen molar-refractivity contribution in [3.63, 3.8) is 0 Å². The molecule has 0 unspecified atom stereocenters. The third-order valence-corrected chi connectivity index (χ3v) is 3.16. The van der Waals surface area contributed by atoms with Crippen molar-refractivity contribution >= 4 is 0 Å². The molecule has 1 aliphatic carbocycles. The van der Waals surface area contributed by atoms with Gasteiger partial charge in [0.2, 0.25) is 0 Å². The smallest absolute Gasteiger partial charge is 0.0781 e. The highest BCUT2D eigenvalue weighted by atomic mass is 15.4. The highest BCUT2D eigenvalue weighted by Gasteiger charge is 2.12. The van der Waals surface area contributed by atoms with Gasteiger partial charge in [0.25, 0.3) is 0 Å². The number of nitrogens with two attached hydrogens (primary N) is 1. The van der Waals surface area contributed by atoms with Crippen molar-refractivity contribution < 1.29 is 0 Å². The lowest BCUT2D eigenvalue weighted by Crippen LogP contribution is -2.07. The van der Waals surface area contributed by atoms with Crippen LogP contribution >= 0.6 is 0 Å². The molecule has 2 aromatic rings. The van der Waals surface area contributed by atoms with Crippen molar-refractivity contribution in [2.75, 3.05) is 0 Å². The second-order valence-corrected chi connectivity index (χ2v) is 4.15.